The van der Waals surface area contributed by atoms with E-state index in [0.717, 1.165) is 19.6 Å². The number of hydrogen-bond donors (Lipinski definition) is 0. The molecular formula is C16H22N4. The van der Waals surface area contributed by atoms with Crippen molar-refractivity contribution in [1.29, 1.82) is 0 Å². The minimum absolute atomic E-state index is 0.536. The van der Waals surface area contributed by atoms with Crippen molar-refractivity contribution in [2.75, 3.05) is 0 Å². The average molecular weight is 270 g/mol. The van der Waals surface area contributed by atoms with E-state index in [2.05, 4.69) is 64.1 Å². The molecule has 0 aliphatic carbocycles. The minimum atomic E-state index is 0.536. The quantitative estimate of drug-likeness (QED) is 0.856. The molecule has 2 atom stereocenters. The van der Waals surface area contributed by atoms with Crippen molar-refractivity contribution in [2.24, 2.45) is 5.92 Å². The van der Waals surface area contributed by atoms with Crippen LogP contribution in [0.4, 0.5) is 0 Å². The first-order chi connectivity index (χ1) is 9.78. The van der Waals surface area contributed by atoms with Crippen LogP contribution in [-0.2, 0) is 19.6 Å². The lowest BCUT2D eigenvalue weighted by molar-refractivity contribution is 0.0824. The van der Waals surface area contributed by atoms with Gasteiger partial charge in [-0.3, -0.25) is 4.90 Å². The molecule has 20 heavy (non-hydrogen) atoms. The van der Waals surface area contributed by atoms with Crippen LogP contribution in [0.1, 0.15) is 31.5 Å². The summed E-state index contributed by atoms with van der Waals surface area (Å²) in [6.07, 6.45) is 3.09. The molecule has 2 aromatic rings. The van der Waals surface area contributed by atoms with Crippen molar-refractivity contribution in [3.8, 4) is 0 Å². The van der Waals surface area contributed by atoms with Crippen molar-refractivity contribution in [2.45, 2.75) is 45.9 Å². The molecule has 1 aliphatic rings. The highest BCUT2D eigenvalue weighted by Gasteiger charge is 2.30. The van der Waals surface area contributed by atoms with E-state index in [1.807, 2.05) is 6.20 Å². The first kappa shape index (κ1) is 13.3. The number of benzene rings is 1. The third-order valence-corrected chi connectivity index (χ3v) is 4.42. The number of hydrogen-bond acceptors (Lipinski definition) is 3. The molecule has 0 saturated heterocycles. The summed E-state index contributed by atoms with van der Waals surface area (Å²) in [7, 11) is 0. The molecule has 0 saturated carbocycles. The molecule has 2 heterocycles. The van der Waals surface area contributed by atoms with Gasteiger partial charge in [-0.1, -0.05) is 55.8 Å². The minimum Gasteiger partial charge on any atom is -0.288 e. The first-order valence-electron chi connectivity index (χ1n) is 7.43. The van der Waals surface area contributed by atoms with Crippen LogP contribution >= 0.6 is 0 Å². The van der Waals surface area contributed by atoms with Crippen molar-refractivity contribution in [3.05, 3.63) is 47.8 Å². The molecule has 0 spiro atoms. The summed E-state index contributed by atoms with van der Waals surface area (Å²) in [6, 6.07) is 11.3. The second kappa shape index (κ2) is 5.75. The Morgan fingerprint density at radius 1 is 1.30 bits per heavy atom. The Kier molecular flexibility index (Phi) is 3.83. The van der Waals surface area contributed by atoms with E-state index in [9.17, 15) is 0 Å². The average Bonchev–Trinajstić information content (AvgIpc) is 2.94. The van der Waals surface area contributed by atoms with Gasteiger partial charge < -0.3 is 0 Å². The fourth-order valence-electron chi connectivity index (χ4n) is 2.98. The Morgan fingerprint density at radius 2 is 2.10 bits per heavy atom. The standard InChI is InChI=1S/C16H22N4/c1-3-13(2)16-12-20-15(9-17-18-20)11-19(16)10-14-7-5-4-6-8-14/h4-9,13,16H,3,10-12H2,1-2H3/t13?,16-/m1/s1. The van der Waals surface area contributed by atoms with Gasteiger partial charge in [-0.05, 0) is 11.5 Å². The summed E-state index contributed by atoms with van der Waals surface area (Å²) in [4.78, 5) is 2.57. The normalized spacial score (nSPS) is 20.6. The van der Waals surface area contributed by atoms with Gasteiger partial charge >= 0.3 is 0 Å². The Morgan fingerprint density at radius 3 is 2.85 bits per heavy atom. The topological polar surface area (TPSA) is 34.0 Å². The van der Waals surface area contributed by atoms with Crippen molar-refractivity contribution in [1.82, 2.24) is 19.9 Å². The Hall–Kier alpha value is -1.68. The van der Waals surface area contributed by atoms with Gasteiger partial charge in [-0.2, -0.15) is 0 Å². The van der Waals surface area contributed by atoms with Crippen LogP contribution < -0.4 is 0 Å². The fraction of sp³-hybridized carbons (Fsp3) is 0.500. The maximum Gasteiger partial charge on any atom is 0.0738 e. The molecule has 0 N–H and O–H groups in total. The summed E-state index contributed by atoms with van der Waals surface area (Å²) >= 11 is 0. The van der Waals surface area contributed by atoms with Gasteiger partial charge in [0.05, 0.1) is 18.4 Å². The van der Waals surface area contributed by atoms with E-state index in [1.165, 1.54) is 17.7 Å². The zero-order valence-electron chi connectivity index (χ0n) is 12.2. The third kappa shape index (κ3) is 2.61. The van der Waals surface area contributed by atoms with Gasteiger partial charge in [0.1, 0.15) is 0 Å². The van der Waals surface area contributed by atoms with Crippen molar-refractivity contribution < 1.29 is 0 Å². The zero-order chi connectivity index (χ0) is 13.9. The van der Waals surface area contributed by atoms with Gasteiger partial charge in [0.2, 0.25) is 0 Å². The van der Waals surface area contributed by atoms with Gasteiger partial charge in [0.15, 0.2) is 0 Å². The molecule has 1 aromatic carbocycles. The van der Waals surface area contributed by atoms with Crippen molar-refractivity contribution >= 4 is 0 Å². The molecular weight excluding hydrogens is 248 g/mol. The summed E-state index contributed by atoms with van der Waals surface area (Å²) < 4.78 is 2.07. The van der Waals surface area contributed by atoms with Gasteiger partial charge in [-0.25, -0.2) is 4.68 Å². The molecule has 106 valence electrons. The lowest BCUT2D eigenvalue weighted by Gasteiger charge is -2.39. The summed E-state index contributed by atoms with van der Waals surface area (Å²) in [5, 5.41) is 8.26. The third-order valence-electron chi connectivity index (χ3n) is 4.42. The van der Waals surface area contributed by atoms with E-state index in [4.69, 9.17) is 0 Å². The molecule has 0 fully saturated rings. The predicted molar refractivity (Wildman–Crippen MR) is 79.0 cm³/mol. The lowest BCUT2D eigenvalue weighted by Crippen LogP contribution is -2.46. The summed E-state index contributed by atoms with van der Waals surface area (Å²) in [5.74, 6) is 0.663. The zero-order valence-corrected chi connectivity index (χ0v) is 12.2. The summed E-state index contributed by atoms with van der Waals surface area (Å²) in [5.41, 5.74) is 2.60. The van der Waals surface area contributed by atoms with E-state index in [0.29, 0.717) is 12.0 Å². The maximum absolute atomic E-state index is 4.21. The van der Waals surface area contributed by atoms with Crippen LogP contribution in [0.3, 0.4) is 0 Å². The van der Waals surface area contributed by atoms with Crippen molar-refractivity contribution in [3.63, 3.8) is 0 Å². The molecule has 1 aromatic heterocycles. The maximum atomic E-state index is 4.21. The van der Waals surface area contributed by atoms with Crippen LogP contribution in [0.25, 0.3) is 0 Å². The molecule has 0 bridgehead atoms. The van der Waals surface area contributed by atoms with E-state index in [-0.39, 0.29) is 0 Å². The summed E-state index contributed by atoms with van der Waals surface area (Å²) in [6.45, 7) is 7.50. The first-order valence-corrected chi connectivity index (χ1v) is 7.43. The Labute approximate surface area is 120 Å². The van der Waals surface area contributed by atoms with Crippen LogP contribution in [0.5, 0.6) is 0 Å². The molecule has 1 unspecified atom stereocenters. The van der Waals surface area contributed by atoms with Crippen LogP contribution in [0.15, 0.2) is 36.5 Å². The van der Waals surface area contributed by atoms with Crippen LogP contribution in [0.2, 0.25) is 0 Å². The number of nitrogens with zero attached hydrogens (tertiary/aromatic N) is 4. The number of rotatable bonds is 4. The predicted octanol–water partition coefficient (Wildman–Crippen LogP) is 2.71. The Bertz CT molecular complexity index is 549. The van der Waals surface area contributed by atoms with Crippen LogP contribution in [-0.4, -0.2) is 25.9 Å². The van der Waals surface area contributed by atoms with Gasteiger partial charge in [0, 0.05) is 19.1 Å². The van der Waals surface area contributed by atoms with Gasteiger partial charge in [-0.15, -0.1) is 5.10 Å². The second-order valence-corrected chi connectivity index (χ2v) is 5.75. The highest BCUT2D eigenvalue weighted by molar-refractivity contribution is 5.15. The number of fused-ring (bicyclic) bond motifs is 1. The Balaban J connectivity index is 1.83. The molecule has 1 aliphatic heterocycles. The van der Waals surface area contributed by atoms with Gasteiger partial charge in [0.25, 0.3) is 0 Å². The van der Waals surface area contributed by atoms with E-state index >= 15 is 0 Å². The van der Waals surface area contributed by atoms with E-state index < -0.39 is 0 Å². The lowest BCUT2D eigenvalue weighted by atomic mass is 9.95. The molecule has 4 nitrogen and oxygen atoms in total. The highest BCUT2D eigenvalue weighted by Crippen LogP contribution is 2.25. The molecule has 0 amide bonds. The SMILES string of the molecule is CCC(C)[C@H]1Cn2nncc2CN1Cc1ccccc1. The highest BCUT2D eigenvalue weighted by atomic mass is 15.5. The second-order valence-electron chi connectivity index (χ2n) is 5.75. The number of aromatic nitrogens is 3. The molecule has 4 heteroatoms. The fourth-order valence-corrected chi connectivity index (χ4v) is 2.98. The van der Waals surface area contributed by atoms with Crippen LogP contribution in [0, 0.1) is 5.92 Å². The monoisotopic (exact) mass is 270 g/mol. The largest absolute Gasteiger partial charge is 0.288 e. The van der Waals surface area contributed by atoms with E-state index in [1.54, 1.807) is 0 Å². The smallest absolute Gasteiger partial charge is 0.0738 e. The molecule has 3 rings (SSSR count). The molecule has 0 radical (unpaired) electrons.